The molecule has 1 N–H and O–H groups in total. The second-order valence-electron chi connectivity index (χ2n) is 4.11. The SMILES string of the molecule is CCNC(CC)CCCSc1cccc(Cl)c1. The van der Waals surface area contributed by atoms with Crippen molar-refractivity contribution in [1.29, 1.82) is 0 Å². The third-order valence-electron chi connectivity index (χ3n) is 2.75. The topological polar surface area (TPSA) is 12.0 Å². The number of halogens is 1. The molecule has 0 bridgehead atoms. The van der Waals surface area contributed by atoms with Crippen molar-refractivity contribution >= 4 is 23.4 Å². The molecule has 17 heavy (non-hydrogen) atoms. The molecule has 1 nitrogen and oxygen atoms in total. The highest BCUT2D eigenvalue weighted by Gasteiger charge is 2.03. The van der Waals surface area contributed by atoms with Crippen molar-refractivity contribution in [3.63, 3.8) is 0 Å². The fourth-order valence-electron chi connectivity index (χ4n) is 1.82. The second-order valence-corrected chi connectivity index (χ2v) is 5.72. The molecule has 0 spiro atoms. The van der Waals surface area contributed by atoms with Gasteiger partial charge in [-0.05, 0) is 49.8 Å². The van der Waals surface area contributed by atoms with Crippen LogP contribution in [0.1, 0.15) is 33.1 Å². The lowest BCUT2D eigenvalue weighted by atomic mass is 10.1. The van der Waals surface area contributed by atoms with Gasteiger partial charge in [0.2, 0.25) is 0 Å². The highest BCUT2D eigenvalue weighted by atomic mass is 35.5. The average molecular weight is 272 g/mol. The maximum absolute atomic E-state index is 5.95. The number of nitrogens with one attached hydrogen (secondary N) is 1. The molecular formula is C14H22ClNS. The maximum Gasteiger partial charge on any atom is 0.0417 e. The molecule has 0 aliphatic carbocycles. The Morgan fingerprint density at radius 3 is 2.82 bits per heavy atom. The highest BCUT2D eigenvalue weighted by molar-refractivity contribution is 7.99. The van der Waals surface area contributed by atoms with Crippen LogP contribution in [0.3, 0.4) is 0 Å². The summed E-state index contributed by atoms with van der Waals surface area (Å²) in [6.07, 6.45) is 3.73. The molecule has 1 atom stereocenters. The minimum Gasteiger partial charge on any atom is -0.314 e. The van der Waals surface area contributed by atoms with Crippen molar-refractivity contribution in [3.05, 3.63) is 29.3 Å². The van der Waals surface area contributed by atoms with E-state index in [1.54, 1.807) is 0 Å². The van der Waals surface area contributed by atoms with Gasteiger partial charge in [0.1, 0.15) is 0 Å². The Labute approximate surface area is 114 Å². The van der Waals surface area contributed by atoms with Crippen LogP contribution < -0.4 is 5.32 Å². The van der Waals surface area contributed by atoms with E-state index in [1.807, 2.05) is 30.0 Å². The summed E-state index contributed by atoms with van der Waals surface area (Å²) in [5.41, 5.74) is 0. The lowest BCUT2D eigenvalue weighted by Gasteiger charge is -2.15. The van der Waals surface area contributed by atoms with Crippen LogP contribution in [0.4, 0.5) is 0 Å². The lowest BCUT2D eigenvalue weighted by Crippen LogP contribution is -2.28. The predicted octanol–water partition coefficient (Wildman–Crippen LogP) is 4.60. The second kappa shape index (κ2) is 8.84. The molecule has 0 saturated heterocycles. The highest BCUT2D eigenvalue weighted by Crippen LogP contribution is 2.22. The van der Waals surface area contributed by atoms with Crippen molar-refractivity contribution in [3.8, 4) is 0 Å². The van der Waals surface area contributed by atoms with E-state index in [0.29, 0.717) is 6.04 Å². The molecule has 0 heterocycles. The van der Waals surface area contributed by atoms with Crippen molar-refractivity contribution < 1.29 is 0 Å². The van der Waals surface area contributed by atoms with Crippen molar-refractivity contribution in [2.45, 2.75) is 44.0 Å². The number of thioether (sulfide) groups is 1. The van der Waals surface area contributed by atoms with Gasteiger partial charge < -0.3 is 5.32 Å². The minimum absolute atomic E-state index is 0.681. The van der Waals surface area contributed by atoms with Crippen LogP contribution >= 0.6 is 23.4 Å². The standard InChI is InChI=1S/C14H22ClNS/c1-3-13(16-4-2)8-6-10-17-14-9-5-7-12(15)11-14/h5,7,9,11,13,16H,3-4,6,8,10H2,1-2H3. The number of benzene rings is 1. The van der Waals surface area contributed by atoms with E-state index in [1.165, 1.54) is 29.9 Å². The zero-order valence-corrected chi connectivity index (χ0v) is 12.3. The molecule has 1 aromatic carbocycles. The monoisotopic (exact) mass is 271 g/mol. The van der Waals surface area contributed by atoms with Gasteiger partial charge >= 0.3 is 0 Å². The first-order valence-electron chi connectivity index (χ1n) is 6.38. The van der Waals surface area contributed by atoms with Gasteiger partial charge in [-0.2, -0.15) is 0 Å². The van der Waals surface area contributed by atoms with Crippen LogP contribution in [0.15, 0.2) is 29.2 Å². The largest absolute Gasteiger partial charge is 0.314 e. The summed E-state index contributed by atoms with van der Waals surface area (Å²) in [6, 6.07) is 8.77. The quantitative estimate of drug-likeness (QED) is 0.548. The third kappa shape index (κ3) is 6.35. The van der Waals surface area contributed by atoms with Crippen molar-refractivity contribution in [1.82, 2.24) is 5.32 Å². The van der Waals surface area contributed by atoms with Gasteiger partial charge in [-0.1, -0.05) is 31.5 Å². The average Bonchev–Trinajstić information content (AvgIpc) is 2.33. The first-order chi connectivity index (χ1) is 8.26. The molecule has 0 fully saturated rings. The van der Waals surface area contributed by atoms with Crippen LogP contribution in [-0.4, -0.2) is 18.3 Å². The Balaban J connectivity index is 2.19. The van der Waals surface area contributed by atoms with Crippen LogP contribution in [0.25, 0.3) is 0 Å². The van der Waals surface area contributed by atoms with E-state index in [0.717, 1.165) is 11.6 Å². The van der Waals surface area contributed by atoms with Crippen LogP contribution in [0.5, 0.6) is 0 Å². The minimum atomic E-state index is 0.681. The number of hydrogen-bond acceptors (Lipinski definition) is 2. The summed E-state index contributed by atoms with van der Waals surface area (Å²) in [5, 5.41) is 4.34. The molecule has 3 heteroatoms. The molecule has 1 rings (SSSR count). The molecule has 0 aromatic heterocycles. The Morgan fingerprint density at radius 1 is 1.35 bits per heavy atom. The maximum atomic E-state index is 5.95. The summed E-state index contributed by atoms with van der Waals surface area (Å²) in [7, 11) is 0. The van der Waals surface area contributed by atoms with Gasteiger partial charge in [-0.15, -0.1) is 11.8 Å². The van der Waals surface area contributed by atoms with E-state index < -0.39 is 0 Å². The Kier molecular flexibility index (Phi) is 7.74. The van der Waals surface area contributed by atoms with E-state index in [9.17, 15) is 0 Å². The van der Waals surface area contributed by atoms with Gasteiger partial charge in [-0.3, -0.25) is 0 Å². The van der Waals surface area contributed by atoms with Crippen molar-refractivity contribution in [2.24, 2.45) is 0 Å². The summed E-state index contributed by atoms with van der Waals surface area (Å²) in [5.74, 6) is 1.17. The zero-order valence-electron chi connectivity index (χ0n) is 10.7. The Bertz CT molecular complexity index is 317. The normalized spacial score (nSPS) is 12.6. The molecule has 0 amide bonds. The van der Waals surface area contributed by atoms with Gasteiger partial charge in [0.15, 0.2) is 0 Å². The fraction of sp³-hybridized carbons (Fsp3) is 0.571. The molecule has 96 valence electrons. The number of rotatable bonds is 8. The molecular weight excluding hydrogens is 250 g/mol. The third-order valence-corrected chi connectivity index (χ3v) is 4.06. The molecule has 1 unspecified atom stereocenters. The fourth-order valence-corrected chi connectivity index (χ4v) is 3.00. The number of hydrogen-bond donors (Lipinski definition) is 1. The van der Waals surface area contributed by atoms with Crippen LogP contribution in [-0.2, 0) is 0 Å². The molecule has 0 saturated carbocycles. The Morgan fingerprint density at radius 2 is 2.18 bits per heavy atom. The van der Waals surface area contributed by atoms with E-state index >= 15 is 0 Å². The summed E-state index contributed by atoms with van der Waals surface area (Å²) < 4.78 is 0. The lowest BCUT2D eigenvalue weighted by molar-refractivity contribution is 0.477. The smallest absolute Gasteiger partial charge is 0.0417 e. The van der Waals surface area contributed by atoms with Crippen LogP contribution in [0, 0.1) is 0 Å². The molecule has 0 radical (unpaired) electrons. The summed E-state index contributed by atoms with van der Waals surface area (Å²) in [6.45, 7) is 5.49. The van der Waals surface area contributed by atoms with Gasteiger partial charge in [0.25, 0.3) is 0 Å². The molecule has 1 aromatic rings. The summed E-state index contributed by atoms with van der Waals surface area (Å²) in [4.78, 5) is 1.27. The van der Waals surface area contributed by atoms with Crippen LogP contribution in [0.2, 0.25) is 5.02 Å². The van der Waals surface area contributed by atoms with Gasteiger partial charge in [0, 0.05) is 16.0 Å². The van der Waals surface area contributed by atoms with Gasteiger partial charge in [-0.25, -0.2) is 0 Å². The molecule has 0 aliphatic rings. The Hall–Kier alpha value is -0.180. The predicted molar refractivity (Wildman–Crippen MR) is 79.2 cm³/mol. The van der Waals surface area contributed by atoms with E-state index in [4.69, 9.17) is 11.6 Å². The zero-order chi connectivity index (χ0) is 12.5. The van der Waals surface area contributed by atoms with Gasteiger partial charge in [0.05, 0.1) is 0 Å². The van der Waals surface area contributed by atoms with Crippen molar-refractivity contribution in [2.75, 3.05) is 12.3 Å². The summed E-state index contributed by atoms with van der Waals surface area (Å²) >= 11 is 7.84. The molecule has 0 aliphatic heterocycles. The van der Waals surface area contributed by atoms with E-state index in [2.05, 4.69) is 25.2 Å². The first-order valence-corrected chi connectivity index (χ1v) is 7.74. The first kappa shape index (κ1) is 14.9. The van der Waals surface area contributed by atoms with E-state index in [-0.39, 0.29) is 0 Å².